The summed E-state index contributed by atoms with van der Waals surface area (Å²) in [6.45, 7) is 8.90. The van der Waals surface area contributed by atoms with Crippen LogP contribution in [-0.2, 0) is 22.9 Å². The van der Waals surface area contributed by atoms with Crippen molar-refractivity contribution in [1.82, 2.24) is 0 Å². The first-order chi connectivity index (χ1) is 15.7. The van der Waals surface area contributed by atoms with Crippen molar-refractivity contribution in [3.63, 3.8) is 0 Å². The number of fused-ring (bicyclic) bond motifs is 5. The molecule has 1 aliphatic carbocycles. The number of hydrogen-bond donors (Lipinski definition) is 1. The quantitative estimate of drug-likeness (QED) is 0.341. The van der Waals surface area contributed by atoms with Crippen LogP contribution >= 0.6 is 0 Å². The van der Waals surface area contributed by atoms with Crippen LogP contribution in [0.25, 0.3) is 21.7 Å². The lowest BCUT2D eigenvalue weighted by Crippen LogP contribution is -2.28. The lowest BCUT2D eigenvalue weighted by atomic mass is 9.69. The maximum Gasteiger partial charge on any atom is 0.261 e. The van der Waals surface area contributed by atoms with Crippen LogP contribution in [0.1, 0.15) is 50.5 Å². The number of benzene rings is 3. The largest absolute Gasteiger partial charge is 0.460 e. The molecule has 0 radical (unpaired) electrons. The van der Waals surface area contributed by atoms with Crippen LogP contribution < -0.4 is 4.72 Å². The zero-order valence-electron chi connectivity index (χ0n) is 19.7. The first kappa shape index (κ1) is 22.0. The molecule has 0 saturated carbocycles. The second kappa shape index (κ2) is 7.91. The van der Waals surface area contributed by atoms with E-state index in [9.17, 15) is 8.42 Å². The summed E-state index contributed by atoms with van der Waals surface area (Å²) in [5, 5.41) is 2.82. The highest BCUT2D eigenvalue weighted by Gasteiger charge is 2.34. The molecule has 0 amide bonds. The molecule has 0 spiro atoms. The molecule has 4 aromatic rings. The molecule has 1 aliphatic rings. The second-order valence-corrected chi connectivity index (χ2v) is 11.7. The molecule has 1 N–H and O–H groups in total. The van der Waals surface area contributed by atoms with Gasteiger partial charge in [-0.3, -0.25) is 4.72 Å². The summed E-state index contributed by atoms with van der Waals surface area (Å²) in [5.41, 5.74) is 3.98. The molecule has 5 heteroatoms. The minimum absolute atomic E-state index is 0.258. The first-order valence-corrected chi connectivity index (χ1v) is 13.2. The van der Waals surface area contributed by atoms with E-state index < -0.39 is 10.0 Å². The zero-order chi connectivity index (χ0) is 23.4. The summed E-state index contributed by atoms with van der Waals surface area (Å²) in [6, 6.07) is 16.8. The van der Waals surface area contributed by atoms with Crippen molar-refractivity contribution >= 4 is 37.5 Å². The Hall–Kier alpha value is -2.79. The molecule has 1 atom stereocenters. The number of sulfonamides is 1. The molecule has 3 aromatic carbocycles. The Kier molecular flexibility index (Phi) is 5.28. The van der Waals surface area contributed by atoms with Gasteiger partial charge in [0, 0.05) is 28.1 Å². The SMILES string of the molecule is CCC(C)(C)[C@@H]1CCc2oc3c(cc(NS(=O)(=O)c4ccc(C)cc4)c4ccccc43)c2C1. The standard InChI is InChI=1S/C28H31NO3S/c1-5-28(3,4)19-12-15-26-23(16-19)24-17-25(21-8-6-7-9-22(21)27(24)32-26)29-33(30,31)20-13-10-18(2)11-14-20/h6-11,13-14,17,19,29H,5,12,15-16H2,1-4H3/t19-/m1/s1. The summed E-state index contributed by atoms with van der Waals surface area (Å²) in [7, 11) is -3.71. The average molecular weight is 462 g/mol. The van der Waals surface area contributed by atoms with E-state index >= 15 is 0 Å². The number of aryl methyl sites for hydroxylation is 2. The van der Waals surface area contributed by atoms with E-state index in [4.69, 9.17) is 4.42 Å². The van der Waals surface area contributed by atoms with Crippen LogP contribution in [-0.4, -0.2) is 8.42 Å². The van der Waals surface area contributed by atoms with Crippen LogP contribution in [0.5, 0.6) is 0 Å². The van der Waals surface area contributed by atoms with E-state index in [1.807, 2.05) is 49.4 Å². The lowest BCUT2D eigenvalue weighted by molar-refractivity contribution is 0.179. The summed E-state index contributed by atoms with van der Waals surface area (Å²) in [4.78, 5) is 0.260. The normalized spacial score (nSPS) is 16.8. The van der Waals surface area contributed by atoms with Gasteiger partial charge in [-0.2, -0.15) is 0 Å². The molecule has 4 nitrogen and oxygen atoms in total. The fraction of sp³-hybridized carbons (Fsp3) is 0.357. The Morgan fingerprint density at radius 2 is 1.73 bits per heavy atom. The van der Waals surface area contributed by atoms with Crippen LogP contribution in [0, 0.1) is 18.3 Å². The Labute approximate surface area is 196 Å². The van der Waals surface area contributed by atoms with Gasteiger partial charge in [-0.15, -0.1) is 0 Å². The van der Waals surface area contributed by atoms with Gasteiger partial charge < -0.3 is 4.42 Å². The molecule has 0 bridgehead atoms. The zero-order valence-corrected chi connectivity index (χ0v) is 20.6. The third kappa shape index (κ3) is 3.82. The highest BCUT2D eigenvalue weighted by molar-refractivity contribution is 7.92. The Morgan fingerprint density at radius 3 is 2.42 bits per heavy atom. The second-order valence-electron chi connectivity index (χ2n) is 10.1. The molecule has 0 unspecified atom stereocenters. The van der Waals surface area contributed by atoms with E-state index in [1.54, 1.807) is 12.1 Å². The van der Waals surface area contributed by atoms with Gasteiger partial charge in [-0.25, -0.2) is 8.42 Å². The number of anilines is 1. The first-order valence-electron chi connectivity index (χ1n) is 11.7. The van der Waals surface area contributed by atoms with Gasteiger partial charge in [0.25, 0.3) is 10.0 Å². The highest BCUT2D eigenvalue weighted by Crippen LogP contribution is 2.45. The van der Waals surface area contributed by atoms with Crippen molar-refractivity contribution in [2.24, 2.45) is 11.3 Å². The molecule has 172 valence electrons. The molecular weight excluding hydrogens is 430 g/mol. The minimum atomic E-state index is -3.71. The Balaban J connectivity index is 1.65. The van der Waals surface area contributed by atoms with Crippen molar-refractivity contribution in [2.45, 2.75) is 58.3 Å². The fourth-order valence-corrected chi connectivity index (χ4v) is 6.13. The van der Waals surface area contributed by atoms with E-state index in [0.717, 1.165) is 58.7 Å². The number of hydrogen-bond acceptors (Lipinski definition) is 3. The third-order valence-corrected chi connectivity index (χ3v) is 9.03. The van der Waals surface area contributed by atoms with Crippen LogP contribution in [0.2, 0.25) is 0 Å². The predicted octanol–water partition coefficient (Wildman–Crippen LogP) is 7.24. The van der Waals surface area contributed by atoms with Gasteiger partial charge in [-0.05, 0) is 49.3 Å². The van der Waals surface area contributed by atoms with Crippen LogP contribution in [0.3, 0.4) is 0 Å². The van der Waals surface area contributed by atoms with E-state index in [0.29, 0.717) is 11.6 Å². The molecule has 5 rings (SSSR count). The summed E-state index contributed by atoms with van der Waals surface area (Å²) in [6.07, 6.45) is 4.15. The number of rotatable bonds is 5. The highest BCUT2D eigenvalue weighted by atomic mass is 32.2. The Morgan fingerprint density at radius 1 is 1.03 bits per heavy atom. The smallest absolute Gasteiger partial charge is 0.261 e. The fourth-order valence-electron chi connectivity index (χ4n) is 5.06. The van der Waals surface area contributed by atoms with E-state index in [2.05, 4.69) is 25.5 Å². The minimum Gasteiger partial charge on any atom is -0.460 e. The van der Waals surface area contributed by atoms with E-state index in [-0.39, 0.29) is 10.3 Å². The topological polar surface area (TPSA) is 59.3 Å². The number of furan rings is 1. The molecule has 0 fully saturated rings. The van der Waals surface area contributed by atoms with Gasteiger partial charge >= 0.3 is 0 Å². The van der Waals surface area contributed by atoms with Gasteiger partial charge in [0.05, 0.1) is 10.6 Å². The summed E-state index contributed by atoms with van der Waals surface area (Å²) in [5.74, 6) is 1.63. The van der Waals surface area contributed by atoms with Crippen molar-refractivity contribution in [3.05, 3.63) is 71.5 Å². The molecule has 0 aliphatic heterocycles. The van der Waals surface area contributed by atoms with Crippen LogP contribution in [0.15, 0.2) is 63.9 Å². The summed E-state index contributed by atoms with van der Waals surface area (Å²) >= 11 is 0. The van der Waals surface area contributed by atoms with Gasteiger partial charge in [0.1, 0.15) is 11.3 Å². The third-order valence-electron chi connectivity index (χ3n) is 7.64. The number of nitrogens with one attached hydrogen (secondary N) is 1. The van der Waals surface area contributed by atoms with Crippen LogP contribution in [0.4, 0.5) is 5.69 Å². The molecule has 1 heterocycles. The van der Waals surface area contributed by atoms with Crippen molar-refractivity contribution in [2.75, 3.05) is 4.72 Å². The molecular formula is C28H31NO3S. The maximum atomic E-state index is 13.2. The maximum absolute atomic E-state index is 13.2. The molecule has 0 saturated heterocycles. The Bertz CT molecular complexity index is 1450. The van der Waals surface area contributed by atoms with Gasteiger partial charge in [0.15, 0.2) is 0 Å². The van der Waals surface area contributed by atoms with Crippen molar-refractivity contribution in [3.8, 4) is 0 Å². The van der Waals surface area contributed by atoms with Gasteiger partial charge in [-0.1, -0.05) is 69.2 Å². The lowest BCUT2D eigenvalue weighted by Gasteiger charge is -2.36. The monoisotopic (exact) mass is 461 g/mol. The average Bonchev–Trinajstić information content (AvgIpc) is 3.17. The van der Waals surface area contributed by atoms with E-state index in [1.165, 1.54) is 5.56 Å². The summed E-state index contributed by atoms with van der Waals surface area (Å²) < 4.78 is 35.7. The van der Waals surface area contributed by atoms with Gasteiger partial charge in [0.2, 0.25) is 0 Å². The van der Waals surface area contributed by atoms with Crippen molar-refractivity contribution in [1.29, 1.82) is 0 Å². The molecule has 1 aromatic heterocycles. The van der Waals surface area contributed by atoms with Crippen molar-refractivity contribution < 1.29 is 12.8 Å². The molecule has 33 heavy (non-hydrogen) atoms. The predicted molar refractivity (Wildman–Crippen MR) is 135 cm³/mol.